The first-order valence-corrected chi connectivity index (χ1v) is 5.71. The Morgan fingerprint density at radius 2 is 2.24 bits per heavy atom. The van der Waals surface area contributed by atoms with Gasteiger partial charge in [0.25, 0.3) is 5.69 Å². The molecule has 0 spiro atoms. The third kappa shape index (κ3) is 2.34. The molecule has 1 heterocycles. The molecule has 0 unspecified atom stereocenters. The van der Waals surface area contributed by atoms with Gasteiger partial charge in [-0.3, -0.25) is 10.1 Å². The number of hydrogen-bond acceptors (Lipinski definition) is 5. The van der Waals surface area contributed by atoms with Gasteiger partial charge in [0.15, 0.2) is 5.60 Å². The fourth-order valence-corrected chi connectivity index (χ4v) is 1.92. The number of nitrogens with zero attached hydrogens (tertiary/aromatic N) is 1. The van der Waals surface area contributed by atoms with Crippen molar-refractivity contribution >= 4 is 27.3 Å². The first-order chi connectivity index (χ1) is 7.91. The van der Waals surface area contributed by atoms with Gasteiger partial charge in [0.05, 0.1) is 22.6 Å². The summed E-state index contributed by atoms with van der Waals surface area (Å²) in [4.78, 5) is 10.2. The summed E-state index contributed by atoms with van der Waals surface area (Å²) in [6, 6.07) is 2.79. The van der Waals surface area contributed by atoms with E-state index >= 15 is 0 Å². The molecule has 1 aromatic carbocycles. The van der Waals surface area contributed by atoms with Crippen LogP contribution in [0.15, 0.2) is 16.6 Å². The van der Waals surface area contributed by atoms with E-state index in [-0.39, 0.29) is 17.0 Å². The van der Waals surface area contributed by atoms with Crippen LogP contribution in [0.1, 0.15) is 6.92 Å². The number of halogens is 1. The number of nitrogen functional groups attached to an aromatic ring is 1. The van der Waals surface area contributed by atoms with Gasteiger partial charge in [0, 0.05) is 12.1 Å². The van der Waals surface area contributed by atoms with E-state index in [1.165, 1.54) is 12.1 Å². The minimum Gasteiger partial charge on any atom is -0.481 e. The number of nitro benzene ring substituents is 1. The predicted molar refractivity (Wildman–Crippen MR) is 65.1 cm³/mol. The number of nitrogens with two attached hydrogens (primary N) is 1. The quantitative estimate of drug-likeness (QED) is 0.525. The van der Waals surface area contributed by atoms with Crippen LogP contribution in [0.25, 0.3) is 0 Å². The van der Waals surface area contributed by atoms with Crippen molar-refractivity contribution in [3.05, 3.63) is 26.7 Å². The van der Waals surface area contributed by atoms with Gasteiger partial charge >= 0.3 is 0 Å². The van der Waals surface area contributed by atoms with E-state index in [4.69, 9.17) is 15.2 Å². The summed E-state index contributed by atoms with van der Waals surface area (Å²) in [5.41, 5.74) is 5.15. The second-order valence-electron chi connectivity index (χ2n) is 4.14. The largest absolute Gasteiger partial charge is 0.481 e. The van der Waals surface area contributed by atoms with Crippen LogP contribution >= 0.6 is 15.9 Å². The smallest absolute Gasteiger partial charge is 0.293 e. The highest BCUT2D eigenvalue weighted by atomic mass is 79.9. The summed E-state index contributed by atoms with van der Waals surface area (Å²) in [6.45, 7) is 2.90. The highest BCUT2D eigenvalue weighted by molar-refractivity contribution is 9.10. The molecule has 17 heavy (non-hydrogen) atoms. The van der Waals surface area contributed by atoms with Gasteiger partial charge in [-0.15, -0.1) is 0 Å². The van der Waals surface area contributed by atoms with E-state index in [9.17, 15) is 10.1 Å². The van der Waals surface area contributed by atoms with Crippen molar-refractivity contribution in [3.63, 3.8) is 0 Å². The maximum Gasteiger partial charge on any atom is 0.293 e. The van der Waals surface area contributed by atoms with E-state index in [2.05, 4.69) is 15.9 Å². The lowest BCUT2D eigenvalue weighted by Gasteiger charge is -2.38. The molecule has 2 rings (SSSR count). The van der Waals surface area contributed by atoms with Crippen LogP contribution in [-0.2, 0) is 4.74 Å². The van der Waals surface area contributed by atoms with Crippen molar-refractivity contribution in [3.8, 4) is 5.75 Å². The third-order valence-corrected chi connectivity index (χ3v) is 3.07. The summed E-state index contributed by atoms with van der Waals surface area (Å²) in [6.07, 6.45) is 0. The van der Waals surface area contributed by atoms with Crippen molar-refractivity contribution in [1.82, 2.24) is 0 Å². The zero-order chi connectivity index (χ0) is 12.6. The van der Waals surface area contributed by atoms with Crippen LogP contribution in [0.5, 0.6) is 5.75 Å². The number of benzene rings is 1. The minimum absolute atomic E-state index is 0.0806. The van der Waals surface area contributed by atoms with Crippen LogP contribution in [0.4, 0.5) is 11.4 Å². The molecule has 1 saturated heterocycles. The fourth-order valence-electron chi connectivity index (χ4n) is 1.51. The van der Waals surface area contributed by atoms with Crippen molar-refractivity contribution in [1.29, 1.82) is 0 Å². The standard InChI is InChI=1S/C10H11BrN2O4/c1-10(4-16-5-10)17-9-3-7(12)8(13(14)15)2-6(9)11/h2-3H,4-5,12H2,1H3. The van der Waals surface area contributed by atoms with E-state index < -0.39 is 4.92 Å². The van der Waals surface area contributed by atoms with Gasteiger partial charge in [-0.25, -0.2) is 0 Å². The Hall–Kier alpha value is -1.34. The Bertz CT molecular complexity index is 474. The van der Waals surface area contributed by atoms with Crippen LogP contribution < -0.4 is 10.5 Å². The molecule has 0 radical (unpaired) electrons. The van der Waals surface area contributed by atoms with Gasteiger partial charge in [-0.05, 0) is 22.9 Å². The second kappa shape index (κ2) is 4.15. The van der Waals surface area contributed by atoms with E-state index in [1.807, 2.05) is 6.92 Å². The molecule has 0 atom stereocenters. The molecule has 7 heteroatoms. The summed E-state index contributed by atoms with van der Waals surface area (Å²) >= 11 is 3.23. The molecule has 2 N–H and O–H groups in total. The average molecular weight is 303 g/mol. The average Bonchev–Trinajstić information content (AvgIpc) is 2.20. The summed E-state index contributed by atoms with van der Waals surface area (Å²) in [5, 5.41) is 10.7. The maximum absolute atomic E-state index is 10.7. The molecule has 0 saturated carbocycles. The SMILES string of the molecule is CC1(Oc2cc(N)c([N+](=O)[O-])cc2Br)COC1. The first-order valence-electron chi connectivity index (χ1n) is 4.91. The lowest BCUT2D eigenvalue weighted by molar-refractivity contribution is -0.384. The van der Waals surface area contributed by atoms with Crippen LogP contribution in [0.3, 0.4) is 0 Å². The lowest BCUT2D eigenvalue weighted by Crippen LogP contribution is -2.51. The predicted octanol–water partition coefficient (Wildman–Crippen LogP) is 2.11. The Balaban J connectivity index is 2.30. The minimum atomic E-state index is -0.530. The van der Waals surface area contributed by atoms with Crippen LogP contribution in [-0.4, -0.2) is 23.7 Å². The normalized spacial score (nSPS) is 17.3. The van der Waals surface area contributed by atoms with E-state index in [0.717, 1.165) is 0 Å². The monoisotopic (exact) mass is 302 g/mol. The Morgan fingerprint density at radius 1 is 1.59 bits per heavy atom. The molecule has 0 aliphatic carbocycles. The Kier molecular flexibility index (Phi) is 2.96. The zero-order valence-corrected chi connectivity index (χ0v) is 10.7. The molecule has 0 bridgehead atoms. The number of rotatable bonds is 3. The van der Waals surface area contributed by atoms with Gasteiger partial charge in [-0.1, -0.05) is 0 Å². The second-order valence-corrected chi connectivity index (χ2v) is 5.00. The molecule has 0 aromatic heterocycles. The Morgan fingerprint density at radius 3 is 2.71 bits per heavy atom. The van der Waals surface area contributed by atoms with Gasteiger partial charge in [0.2, 0.25) is 0 Å². The first kappa shape index (κ1) is 12.1. The molecule has 1 aliphatic heterocycles. The Labute approximate surface area is 106 Å². The van der Waals surface area contributed by atoms with Crippen LogP contribution in [0, 0.1) is 10.1 Å². The third-order valence-electron chi connectivity index (χ3n) is 2.45. The molecular weight excluding hydrogens is 292 g/mol. The van der Waals surface area contributed by atoms with Gasteiger partial charge in [0.1, 0.15) is 11.4 Å². The molecule has 1 aliphatic rings. The molecule has 1 fully saturated rings. The van der Waals surface area contributed by atoms with Gasteiger partial charge < -0.3 is 15.2 Å². The number of hydrogen-bond donors (Lipinski definition) is 1. The summed E-state index contributed by atoms with van der Waals surface area (Å²) in [5.74, 6) is 0.485. The van der Waals surface area contributed by atoms with Crippen molar-refractivity contribution in [2.45, 2.75) is 12.5 Å². The van der Waals surface area contributed by atoms with Crippen LogP contribution in [0.2, 0.25) is 0 Å². The van der Waals surface area contributed by atoms with Gasteiger partial charge in [-0.2, -0.15) is 0 Å². The fraction of sp³-hybridized carbons (Fsp3) is 0.400. The zero-order valence-electron chi connectivity index (χ0n) is 9.10. The molecule has 0 amide bonds. The lowest BCUT2D eigenvalue weighted by atomic mass is 10.1. The van der Waals surface area contributed by atoms with Crippen molar-refractivity contribution in [2.24, 2.45) is 0 Å². The topological polar surface area (TPSA) is 87.6 Å². The number of nitro groups is 1. The highest BCUT2D eigenvalue weighted by Crippen LogP contribution is 2.37. The maximum atomic E-state index is 10.7. The highest BCUT2D eigenvalue weighted by Gasteiger charge is 2.36. The molecule has 92 valence electrons. The molecule has 6 nitrogen and oxygen atoms in total. The summed E-state index contributed by atoms with van der Waals surface area (Å²) < 4.78 is 11.3. The number of anilines is 1. The summed E-state index contributed by atoms with van der Waals surface area (Å²) in [7, 11) is 0. The number of ether oxygens (including phenoxy) is 2. The van der Waals surface area contributed by atoms with Crippen molar-refractivity contribution < 1.29 is 14.4 Å². The van der Waals surface area contributed by atoms with Crippen molar-refractivity contribution in [2.75, 3.05) is 18.9 Å². The van der Waals surface area contributed by atoms with E-state index in [1.54, 1.807) is 0 Å². The molecular formula is C10H11BrN2O4. The molecule has 1 aromatic rings. The van der Waals surface area contributed by atoms with E-state index in [0.29, 0.717) is 23.4 Å².